The molecule has 9 nitrogen and oxygen atoms in total. The fraction of sp³-hybridized carbons (Fsp3) is 0.391. The van der Waals surface area contributed by atoms with Crippen LogP contribution in [0.2, 0.25) is 0 Å². The Labute approximate surface area is 206 Å². The fourth-order valence-electron chi connectivity index (χ4n) is 3.19. The quantitative estimate of drug-likeness (QED) is 0.400. The zero-order valence-electron chi connectivity index (χ0n) is 19.6. The van der Waals surface area contributed by atoms with Crippen LogP contribution in [0.1, 0.15) is 24.8 Å². The minimum Gasteiger partial charge on any atom is -0.497 e. The third-order valence-electron chi connectivity index (χ3n) is 5.30. The minimum absolute atomic E-state index is 0.0140. The molecule has 0 unspecified atom stereocenters. The lowest BCUT2D eigenvalue weighted by Crippen LogP contribution is -2.35. The number of halogens is 3. The first-order chi connectivity index (χ1) is 16.9. The van der Waals surface area contributed by atoms with E-state index >= 15 is 0 Å². The number of carbonyl (C=O) groups excluding carboxylic acids is 1. The number of nitrogens with one attached hydrogen (secondary N) is 2. The number of carbonyl (C=O) groups is 2. The van der Waals surface area contributed by atoms with Crippen LogP contribution >= 0.6 is 0 Å². The monoisotopic (exact) mass is 532 g/mol. The lowest BCUT2D eigenvalue weighted by atomic mass is 9.95. The smallest absolute Gasteiger partial charge is 0.490 e. The molecular weight excluding hydrogens is 505 g/mol. The molecule has 1 amide bonds. The number of benzene rings is 2. The van der Waals surface area contributed by atoms with Gasteiger partial charge in [0.1, 0.15) is 5.75 Å². The van der Waals surface area contributed by atoms with Crippen LogP contribution in [-0.2, 0) is 29.8 Å². The third kappa shape index (κ3) is 7.85. The van der Waals surface area contributed by atoms with Gasteiger partial charge in [0.25, 0.3) is 10.0 Å². The number of amides is 1. The van der Waals surface area contributed by atoms with Crippen LogP contribution in [0.25, 0.3) is 0 Å². The van der Waals surface area contributed by atoms with E-state index in [1.807, 2.05) is 12.1 Å². The maximum absolute atomic E-state index is 12.6. The first kappa shape index (κ1) is 28.9. The van der Waals surface area contributed by atoms with E-state index in [1.54, 1.807) is 31.4 Å². The number of hydrogen-bond acceptors (Lipinski definition) is 6. The van der Waals surface area contributed by atoms with E-state index in [1.165, 1.54) is 19.2 Å². The Morgan fingerprint density at radius 3 is 2.03 bits per heavy atom. The molecule has 13 heteroatoms. The number of anilines is 1. The van der Waals surface area contributed by atoms with E-state index in [-0.39, 0.29) is 10.8 Å². The zero-order valence-corrected chi connectivity index (χ0v) is 20.4. The summed E-state index contributed by atoms with van der Waals surface area (Å²) in [5, 5.41) is 10.1. The van der Waals surface area contributed by atoms with Crippen molar-refractivity contribution in [2.45, 2.75) is 35.7 Å². The highest BCUT2D eigenvalue weighted by molar-refractivity contribution is 7.92. The predicted molar refractivity (Wildman–Crippen MR) is 124 cm³/mol. The van der Waals surface area contributed by atoms with Crippen molar-refractivity contribution in [3.05, 3.63) is 54.1 Å². The number of carboxylic acids is 1. The highest BCUT2D eigenvalue weighted by Crippen LogP contribution is 2.48. The summed E-state index contributed by atoms with van der Waals surface area (Å²) in [7, 11) is -0.544. The van der Waals surface area contributed by atoms with Crippen LogP contribution < -0.4 is 14.8 Å². The van der Waals surface area contributed by atoms with Gasteiger partial charge >= 0.3 is 12.1 Å². The van der Waals surface area contributed by atoms with Crippen molar-refractivity contribution in [2.75, 3.05) is 32.1 Å². The number of carboxylic acid groups (broad SMARTS) is 1. The number of aliphatic carboxylic acids is 1. The maximum Gasteiger partial charge on any atom is 0.490 e. The highest BCUT2D eigenvalue weighted by atomic mass is 32.2. The summed E-state index contributed by atoms with van der Waals surface area (Å²) >= 11 is 0. The first-order valence-corrected chi connectivity index (χ1v) is 12.2. The van der Waals surface area contributed by atoms with Gasteiger partial charge in [0.05, 0.1) is 17.4 Å². The molecule has 0 bridgehead atoms. The summed E-state index contributed by atoms with van der Waals surface area (Å²) < 4.78 is 69.4. The summed E-state index contributed by atoms with van der Waals surface area (Å²) in [6, 6.07) is 13.2. The Bertz CT molecular complexity index is 1130. The summed E-state index contributed by atoms with van der Waals surface area (Å²) in [4.78, 5) is 21.6. The molecule has 1 fully saturated rings. The van der Waals surface area contributed by atoms with Crippen molar-refractivity contribution in [1.29, 1.82) is 0 Å². The van der Waals surface area contributed by atoms with Crippen molar-refractivity contribution >= 4 is 27.6 Å². The van der Waals surface area contributed by atoms with Gasteiger partial charge in [0.2, 0.25) is 5.91 Å². The van der Waals surface area contributed by atoms with Crippen LogP contribution in [-0.4, -0.2) is 58.9 Å². The molecule has 2 aromatic carbocycles. The maximum atomic E-state index is 12.6. The summed E-state index contributed by atoms with van der Waals surface area (Å²) in [5.41, 5.74) is 0.843. The molecule has 1 saturated carbocycles. The molecule has 2 aromatic rings. The molecule has 3 N–H and O–H groups in total. The van der Waals surface area contributed by atoms with Gasteiger partial charge in [-0.15, -0.1) is 0 Å². The minimum atomic E-state index is -5.08. The van der Waals surface area contributed by atoms with Gasteiger partial charge in [0, 0.05) is 25.9 Å². The summed E-state index contributed by atoms with van der Waals surface area (Å²) in [6.07, 6.45) is -2.73. The number of ether oxygens (including phenoxy) is 2. The molecule has 0 radical (unpaired) electrons. The standard InChI is InChI=1S/C21H26N2O5S.C2HF3O2/c1-27-15-3-14-22-20(24)21(12-13-21)16-4-6-17(7-5-16)23-29(25,26)19-10-8-18(28-2)9-11-19;3-2(4,5)1(6)7/h4-11,23H,3,12-15H2,1-2H3,(H,22,24);(H,6,7). The van der Waals surface area contributed by atoms with Gasteiger partial charge in [-0.3, -0.25) is 9.52 Å². The number of hydrogen-bond donors (Lipinski definition) is 3. The van der Waals surface area contributed by atoms with Crippen LogP contribution in [0.3, 0.4) is 0 Å². The lowest BCUT2D eigenvalue weighted by molar-refractivity contribution is -0.192. The molecule has 0 aromatic heterocycles. The summed E-state index contributed by atoms with van der Waals surface area (Å²) in [5.74, 6) is -2.16. The van der Waals surface area contributed by atoms with E-state index in [2.05, 4.69) is 10.0 Å². The van der Waals surface area contributed by atoms with Gasteiger partial charge in [0.15, 0.2) is 0 Å². The third-order valence-corrected chi connectivity index (χ3v) is 6.69. The number of sulfonamides is 1. The molecule has 0 atom stereocenters. The van der Waals surface area contributed by atoms with Crippen molar-refractivity contribution in [1.82, 2.24) is 5.32 Å². The average molecular weight is 533 g/mol. The molecule has 36 heavy (non-hydrogen) atoms. The number of methoxy groups -OCH3 is 2. The highest BCUT2D eigenvalue weighted by Gasteiger charge is 2.51. The van der Waals surface area contributed by atoms with E-state index < -0.39 is 27.6 Å². The van der Waals surface area contributed by atoms with Gasteiger partial charge in [-0.25, -0.2) is 13.2 Å². The predicted octanol–water partition coefficient (Wildman–Crippen LogP) is 3.31. The average Bonchev–Trinajstić information content (AvgIpc) is 3.64. The molecule has 0 aliphatic heterocycles. The first-order valence-electron chi connectivity index (χ1n) is 10.7. The lowest BCUT2D eigenvalue weighted by Gasteiger charge is -2.16. The molecule has 0 heterocycles. The molecule has 0 saturated heterocycles. The van der Waals surface area contributed by atoms with Crippen LogP contribution in [0.15, 0.2) is 53.4 Å². The van der Waals surface area contributed by atoms with E-state index in [9.17, 15) is 26.4 Å². The second kappa shape index (κ2) is 12.1. The van der Waals surface area contributed by atoms with E-state index in [0.717, 1.165) is 24.8 Å². The Hall–Kier alpha value is -3.32. The van der Waals surface area contributed by atoms with E-state index in [0.29, 0.717) is 24.6 Å². The summed E-state index contributed by atoms with van der Waals surface area (Å²) in [6.45, 7) is 1.19. The Kier molecular flexibility index (Phi) is 9.70. The van der Waals surface area contributed by atoms with Gasteiger partial charge in [-0.05, 0) is 61.2 Å². The molecular formula is C23H27F3N2O7S. The van der Waals surface area contributed by atoms with E-state index in [4.69, 9.17) is 19.4 Å². The van der Waals surface area contributed by atoms with Crippen molar-refractivity contribution in [3.8, 4) is 5.75 Å². The van der Waals surface area contributed by atoms with Gasteiger partial charge in [-0.2, -0.15) is 13.2 Å². The van der Waals surface area contributed by atoms with Crippen molar-refractivity contribution in [2.24, 2.45) is 0 Å². The molecule has 3 rings (SSSR count). The Morgan fingerprint density at radius 2 is 1.58 bits per heavy atom. The number of alkyl halides is 3. The van der Waals surface area contributed by atoms with Crippen LogP contribution in [0.4, 0.5) is 18.9 Å². The molecule has 198 valence electrons. The van der Waals surface area contributed by atoms with Crippen molar-refractivity contribution < 1.29 is 45.8 Å². The normalized spacial score (nSPS) is 14.1. The van der Waals surface area contributed by atoms with Gasteiger partial charge < -0.3 is 19.9 Å². The van der Waals surface area contributed by atoms with Crippen LogP contribution in [0, 0.1) is 0 Å². The Morgan fingerprint density at radius 1 is 1.03 bits per heavy atom. The zero-order chi connectivity index (χ0) is 27.0. The second-order valence-electron chi connectivity index (χ2n) is 7.85. The SMILES string of the molecule is COCCCNC(=O)C1(c2ccc(NS(=O)(=O)c3ccc(OC)cc3)cc2)CC1.O=C(O)C(F)(F)F. The molecule has 1 aliphatic carbocycles. The topological polar surface area (TPSA) is 131 Å². The Balaban J connectivity index is 0.000000572. The second-order valence-corrected chi connectivity index (χ2v) is 9.53. The van der Waals surface area contributed by atoms with Crippen LogP contribution in [0.5, 0.6) is 5.75 Å². The van der Waals surface area contributed by atoms with Gasteiger partial charge in [-0.1, -0.05) is 12.1 Å². The largest absolute Gasteiger partial charge is 0.497 e. The number of rotatable bonds is 10. The molecule has 1 aliphatic rings. The fourth-order valence-corrected chi connectivity index (χ4v) is 4.24. The van der Waals surface area contributed by atoms with Crippen molar-refractivity contribution in [3.63, 3.8) is 0 Å². The molecule has 0 spiro atoms.